The van der Waals surface area contributed by atoms with Gasteiger partial charge < -0.3 is 24.1 Å². The first-order valence-corrected chi connectivity index (χ1v) is 43.0. The summed E-state index contributed by atoms with van der Waals surface area (Å²) in [6, 6.07) is 0. The lowest BCUT2D eigenvalue weighted by Gasteiger charge is -2.69. The average Bonchev–Trinajstić information content (AvgIpc) is 0.867. The van der Waals surface area contributed by atoms with Gasteiger partial charge in [-0.3, -0.25) is 28.8 Å². The Morgan fingerprint density at radius 1 is 0.482 bits per heavy atom. The fraction of sp³-hybridized carbons (Fsp3) is 0.732. The Balaban J connectivity index is 0.000000149. The third-order valence-electron chi connectivity index (χ3n) is 37.6. The van der Waals surface area contributed by atoms with Crippen molar-refractivity contribution < 1.29 is 48.9 Å². The normalized spacial score (nSPS) is 44.8. The number of aromatic nitrogens is 2. The lowest BCUT2D eigenvalue weighted by molar-refractivity contribution is -0.177. The van der Waals surface area contributed by atoms with Crippen LogP contribution in [-0.4, -0.2) is 68.9 Å². The van der Waals surface area contributed by atoms with Crippen LogP contribution in [0.15, 0.2) is 81.1 Å². The molecule has 16 nitrogen and oxygen atoms in total. The highest BCUT2D eigenvalue weighted by atomic mass is 35.5. The van der Waals surface area contributed by atoms with Crippen molar-refractivity contribution in [2.75, 3.05) is 6.54 Å². The third-order valence-corrected chi connectivity index (χ3v) is 38.0. The van der Waals surface area contributed by atoms with E-state index in [1.54, 1.807) is 0 Å². The second-order valence-corrected chi connectivity index (χ2v) is 45.4. The van der Waals surface area contributed by atoms with Crippen LogP contribution in [0.4, 0.5) is 0 Å². The van der Waals surface area contributed by atoms with Crippen molar-refractivity contribution in [2.24, 2.45) is 145 Å². The molecule has 17 heteroatoms. The van der Waals surface area contributed by atoms with Crippen molar-refractivity contribution in [1.29, 1.82) is 0 Å². The van der Waals surface area contributed by atoms with Gasteiger partial charge in [-0.05, 0) is 249 Å². The molecule has 0 aliphatic heterocycles. The van der Waals surface area contributed by atoms with Gasteiger partial charge in [0.2, 0.25) is 41.0 Å². The Morgan fingerprint density at radius 3 is 1.15 bits per heavy atom. The number of hydrogen-bond donors (Lipinski definition) is 1. The fourth-order valence-corrected chi connectivity index (χ4v) is 31.0. The fourth-order valence-electron chi connectivity index (χ4n) is 30.7. The molecule has 15 aliphatic carbocycles. The summed E-state index contributed by atoms with van der Waals surface area (Å²) in [7, 11) is 1.25. The van der Waals surface area contributed by atoms with E-state index in [1.807, 2.05) is 78.0 Å². The molecule has 15 aliphatic rings. The molecule has 21 atom stereocenters. The van der Waals surface area contributed by atoms with Gasteiger partial charge in [-0.15, -0.1) is 10.2 Å². The molecular formula is C97H129ClN6O10. The van der Waals surface area contributed by atoms with Crippen LogP contribution in [0.25, 0.3) is 14.5 Å². The van der Waals surface area contributed by atoms with Gasteiger partial charge in [0.15, 0.2) is 40.5 Å². The summed E-state index contributed by atoms with van der Waals surface area (Å²) in [5.74, 6) is 0.440. The van der Waals surface area contributed by atoms with E-state index in [0.717, 1.165) is 152 Å². The number of carbonyl (C=O) groups is 9. The molecule has 1 N–H and O–H groups in total. The van der Waals surface area contributed by atoms with Gasteiger partial charge in [0.25, 0.3) is 0 Å². The number of nitrogens with one attached hydrogen (secondary N) is 1. The highest BCUT2D eigenvalue weighted by Crippen LogP contribution is 2.80. The summed E-state index contributed by atoms with van der Waals surface area (Å²) in [6.07, 6.45) is 31.7. The molecule has 0 aromatic carbocycles. The van der Waals surface area contributed by atoms with Gasteiger partial charge in [-0.1, -0.05) is 188 Å². The molecule has 114 heavy (non-hydrogen) atoms. The van der Waals surface area contributed by atoms with E-state index in [4.69, 9.17) is 37.1 Å². The number of carbonyl (C=O) groups excluding carboxylic acids is 9. The molecule has 614 valence electrons. The molecule has 0 spiro atoms. The van der Waals surface area contributed by atoms with E-state index in [0.29, 0.717) is 12.3 Å². The minimum atomic E-state index is -0.681. The lowest BCUT2D eigenvalue weighted by Crippen LogP contribution is -2.66. The third kappa shape index (κ3) is 11.2. The van der Waals surface area contributed by atoms with E-state index in [9.17, 15) is 43.2 Å². The number of ketones is 7. The highest BCUT2D eigenvalue weighted by Gasteiger charge is 2.76. The summed E-state index contributed by atoms with van der Waals surface area (Å²) in [4.78, 5) is 132. The van der Waals surface area contributed by atoms with Crippen molar-refractivity contribution in [3.05, 3.63) is 117 Å². The monoisotopic (exact) mass is 1570 g/mol. The molecule has 1 amide bonds. The molecule has 9 fully saturated rings. The van der Waals surface area contributed by atoms with Gasteiger partial charge in [0.05, 0.1) is 31.7 Å². The van der Waals surface area contributed by atoms with Crippen molar-refractivity contribution in [1.82, 2.24) is 15.5 Å². The van der Waals surface area contributed by atoms with Crippen molar-refractivity contribution in [3.63, 3.8) is 0 Å². The van der Waals surface area contributed by atoms with Crippen LogP contribution in [0.3, 0.4) is 0 Å². The Bertz CT molecular complexity index is 4720. The van der Waals surface area contributed by atoms with Crippen LogP contribution in [0.5, 0.6) is 0 Å². The average molecular weight is 1580 g/mol. The largest absolute Gasteiger partial charge is 0.427 e. The van der Waals surface area contributed by atoms with Gasteiger partial charge >= 0.3 is 0 Å². The van der Waals surface area contributed by atoms with Gasteiger partial charge in [0, 0.05) is 62.4 Å². The van der Waals surface area contributed by atoms with Crippen LogP contribution >= 0.6 is 11.6 Å². The lowest BCUT2D eigenvalue weighted by atomic mass is 9.34. The van der Waals surface area contributed by atoms with Gasteiger partial charge in [0.1, 0.15) is 0 Å². The number of Topliss-reactive ketones (excluding diaryl/α,β-unsaturated/α-hetero) is 4. The number of halogens is 1. The zero-order chi connectivity index (χ0) is 85.0. The summed E-state index contributed by atoms with van der Waals surface area (Å²) in [6.45, 7) is 69.2. The zero-order valence-electron chi connectivity index (χ0n) is 73.6. The van der Waals surface area contributed by atoms with Gasteiger partial charge in [-0.2, -0.15) is 0 Å². The minimum absolute atomic E-state index is 0.0163. The molecule has 0 bridgehead atoms. The first kappa shape index (κ1) is 83.7. The first-order valence-electron chi connectivity index (χ1n) is 43.6. The Morgan fingerprint density at radius 2 is 0.798 bits per heavy atom. The summed E-state index contributed by atoms with van der Waals surface area (Å²) >= 11 is 6.37. The maximum atomic E-state index is 14.5. The molecule has 0 saturated heterocycles. The van der Waals surface area contributed by atoms with Crippen LogP contribution in [-0.2, 0) is 48.6 Å². The molecule has 0 radical (unpaired) electrons. The van der Waals surface area contributed by atoms with Gasteiger partial charge in [-0.25, -0.2) is 14.5 Å². The van der Waals surface area contributed by atoms with E-state index in [2.05, 4.69) is 134 Å². The maximum Gasteiger partial charge on any atom is 0.228 e. The smallest absolute Gasteiger partial charge is 0.228 e. The predicted octanol–water partition coefficient (Wildman–Crippen LogP) is 20.7. The van der Waals surface area contributed by atoms with Crippen LogP contribution in [0.2, 0.25) is 0 Å². The van der Waals surface area contributed by atoms with E-state index in [-0.39, 0.29) is 177 Å². The summed E-state index contributed by atoms with van der Waals surface area (Å²) < 4.78 is 11.7. The van der Waals surface area contributed by atoms with Crippen LogP contribution < -0.4 is 5.32 Å². The second kappa shape index (κ2) is 26.6. The molecule has 16 rings (SSSR count). The standard InChI is InChI=1S/C33H44N2O4.C32H41N3O3.C31H40ClNO3.CH4/c1-28(2)11-13-33(25(38)18-35-19-36)14-12-32(7)26(20(33)16-28)22(37)15-24-30(5)17-21(34-8)27(39)29(3,4)23(30)9-10-31(24,32)6;1-27(2)11-13-32(26-35-34-18-38-26)14-12-31(7)24(19(32)16-27)21(36)15-23-29(5)17-20(33-8)25(37)28(3,4)22(29)9-10-30(23,31)6;1-26(2)11-13-31(25(32)36)14-12-30(7)23(18(31)16-26)20(34)15-22-28(5)17-19(33-8)24(35)27(3,4)21(28)9-10-29(22,30)6;/h15,17,19-20,23,26H,9-14,16,18H2,1-7H3,(H,35,36);15,17-19,22,24H,9-14,16H2,1-7H3;15,17-18,21,23H,9-14,16H2,1-7H3;1H4/t20-,23-,26-,30-,31+,32+,33-;19-,22-,24-,29-,30+,31+,32-;18-,21-,23-,28-,29+,30+,31-;/m000./s1/i;;;1T. The number of allylic oxidation sites excluding steroid dienone is 12. The van der Waals surface area contributed by atoms with Crippen LogP contribution in [0, 0.1) is 165 Å². The van der Waals surface area contributed by atoms with Crippen molar-refractivity contribution in [3.8, 4) is 0 Å². The maximum absolute atomic E-state index is 14.5. The predicted molar refractivity (Wildman–Crippen MR) is 440 cm³/mol. The van der Waals surface area contributed by atoms with E-state index < -0.39 is 43.3 Å². The van der Waals surface area contributed by atoms with Crippen molar-refractivity contribution >= 4 is 63.7 Å². The number of rotatable bonds is 6. The zero-order valence-corrected chi connectivity index (χ0v) is 73.3. The number of nitrogens with zero attached hydrogens (tertiary/aromatic N) is 5. The number of hydrogen-bond acceptors (Lipinski definition) is 12. The summed E-state index contributed by atoms with van der Waals surface area (Å²) in [5.41, 5.74) is -2.53. The summed E-state index contributed by atoms with van der Waals surface area (Å²) in [5, 5.41) is 10.9. The molecule has 1 aromatic heterocycles. The molecular weight excluding hydrogens is 1440 g/mol. The van der Waals surface area contributed by atoms with E-state index >= 15 is 0 Å². The van der Waals surface area contributed by atoms with Crippen molar-refractivity contribution in [2.45, 2.75) is 293 Å². The Labute approximate surface area is 686 Å². The van der Waals surface area contributed by atoms with Crippen LogP contribution in [0.1, 0.15) is 295 Å². The topological polar surface area (TPSA) is 218 Å². The number of amides is 1. The second-order valence-electron chi connectivity index (χ2n) is 45.1. The first-order chi connectivity index (χ1) is 53.2. The molecule has 0 unspecified atom stereocenters. The Hall–Kier alpha value is -6.83. The minimum Gasteiger partial charge on any atom is -0.427 e. The molecule has 1 aromatic rings. The SMILES string of the molecule is [3H]C.[C-]#[N+]C1=C[C@]2(C)C3=CC(=O)[C@@H]4[C@@H]5CC(C)(C)CC[C@]5(C(=O)CNC=O)CC[C@@]4(C)[C@]3(C)CC[C@H]2C(C)(C)C1=O.[C-]#[N+]C1=C[C@]2(C)C3=CC(=O)[C@@H]4[C@@H]5CC(C)(C)CC[C@]5(C(=O)Cl)CC[C@@]4(C)[C@]3(C)CC[C@H]2C(C)(C)C1=O.[C-]#[N+]C1=C[C@]2(C)C3=CC(=O)[C@@H]4[C@@H]5CC(C)(C)CC[C@]5(c5nnco5)CC[C@@]4(C)[C@]3(C)CC[C@H]2C(C)(C)C1=O. The number of fused-ring (bicyclic) bond motifs is 21. The molecule has 1 heterocycles. The Kier molecular flexibility index (Phi) is 19.5. The van der Waals surface area contributed by atoms with E-state index in [1.165, 1.54) is 13.8 Å². The highest BCUT2D eigenvalue weighted by molar-refractivity contribution is 6.64. The quantitative estimate of drug-likeness (QED) is 0.160. The molecule has 9 saturated carbocycles.